The number of carbonyl (C=O) groups is 1. The largest absolute Gasteiger partial charge is 0.481 e. The van der Waals surface area contributed by atoms with E-state index in [0.29, 0.717) is 6.42 Å². The van der Waals surface area contributed by atoms with Crippen LogP contribution in [0.3, 0.4) is 0 Å². The summed E-state index contributed by atoms with van der Waals surface area (Å²) in [6.07, 6.45) is 9.94. The molecule has 108 valence electrons. The van der Waals surface area contributed by atoms with Gasteiger partial charge in [0, 0.05) is 6.42 Å². The predicted octanol–water partition coefficient (Wildman–Crippen LogP) is 3.83. The maximum Gasteiger partial charge on any atom is 0.303 e. The first-order valence-electron chi connectivity index (χ1n) is 7.55. The number of aliphatic carboxylic acids is 1. The van der Waals surface area contributed by atoms with E-state index in [2.05, 4.69) is 19.2 Å². The lowest BCUT2D eigenvalue weighted by Gasteiger charge is -2.06. The van der Waals surface area contributed by atoms with Gasteiger partial charge in [-0.25, -0.2) is 0 Å². The standard InChI is InChI=1S/C15H31NO2/c1-14(2)10-6-3-4-8-12-16-13-9-5-7-11-15(17)18/h14,16H,3-13H2,1-2H3,(H,17,18). The van der Waals surface area contributed by atoms with Crippen molar-refractivity contribution >= 4 is 5.97 Å². The fourth-order valence-electron chi connectivity index (χ4n) is 1.98. The lowest BCUT2D eigenvalue weighted by molar-refractivity contribution is -0.137. The Morgan fingerprint density at radius 3 is 2.06 bits per heavy atom. The third-order valence-corrected chi connectivity index (χ3v) is 3.13. The normalized spacial score (nSPS) is 11.1. The molecule has 0 saturated heterocycles. The highest BCUT2D eigenvalue weighted by atomic mass is 16.4. The Morgan fingerprint density at radius 1 is 0.944 bits per heavy atom. The minimum absolute atomic E-state index is 0.315. The van der Waals surface area contributed by atoms with Gasteiger partial charge in [-0.05, 0) is 38.3 Å². The maximum absolute atomic E-state index is 10.3. The first-order chi connectivity index (χ1) is 8.63. The van der Waals surface area contributed by atoms with Crippen LogP contribution < -0.4 is 5.32 Å². The SMILES string of the molecule is CC(C)CCCCCCNCCCCCC(=O)O. The van der Waals surface area contributed by atoms with Gasteiger partial charge in [-0.15, -0.1) is 0 Å². The summed E-state index contributed by atoms with van der Waals surface area (Å²) < 4.78 is 0. The Kier molecular flexibility index (Phi) is 12.5. The van der Waals surface area contributed by atoms with Gasteiger partial charge in [0.2, 0.25) is 0 Å². The molecule has 0 fully saturated rings. The van der Waals surface area contributed by atoms with Gasteiger partial charge in [0.15, 0.2) is 0 Å². The summed E-state index contributed by atoms with van der Waals surface area (Å²) in [5.41, 5.74) is 0. The molecule has 0 bridgehead atoms. The highest BCUT2D eigenvalue weighted by Crippen LogP contribution is 2.08. The molecule has 0 amide bonds. The molecule has 0 saturated carbocycles. The highest BCUT2D eigenvalue weighted by molar-refractivity contribution is 5.66. The Hall–Kier alpha value is -0.570. The summed E-state index contributed by atoms with van der Waals surface area (Å²) in [7, 11) is 0. The van der Waals surface area contributed by atoms with Crippen LogP contribution in [0.5, 0.6) is 0 Å². The monoisotopic (exact) mass is 257 g/mol. The molecule has 3 nitrogen and oxygen atoms in total. The smallest absolute Gasteiger partial charge is 0.303 e. The fourth-order valence-corrected chi connectivity index (χ4v) is 1.98. The van der Waals surface area contributed by atoms with Crippen LogP contribution in [0.4, 0.5) is 0 Å². The molecule has 0 atom stereocenters. The zero-order valence-electron chi connectivity index (χ0n) is 12.2. The second-order valence-electron chi connectivity index (χ2n) is 5.55. The van der Waals surface area contributed by atoms with Crippen LogP contribution in [-0.4, -0.2) is 24.2 Å². The molecule has 0 radical (unpaired) electrons. The molecule has 3 heteroatoms. The molecular weight excluding hydrogens is 226 g/mol. The molecule has 0 heterocycles. The van der Waals surface area contributed by atoms with E-state index in [4.69, 9.17) is 5.11 Å². The summed E-state index contributed by atoms with van der Waals surface area (Å²) >= 11 is 0. The van der Waals surface area contributed by atoms with Crippen molar-refractivity contribution in [2.75, 3.05) is 13.1 Å². The van der Waals surface area contributed by atoms with Gasteiger partial charge in [-0.1, -0.05) is 46.0 Å². The van der Waals surface area contributed by atoms with E-state index in [1.807, 2.05) is 0 Å². The summed E-state index contributed by atoms with van der Waals surface area (Å²) in [6.45, 7) is 6.71. The van der Waals surface area contributed by atoms with Gasteiger partial charge < -0.3 is 10.4 Å². The zero-order valence-corrected chi connectivity index (χ0v) is 12.2. The summed E-state index contributed by atoms with van der Waals surface area (Å²) in [4.78, 5) is 10.3. The first kappa shape index (κ1) is 17.4. The van der Waals surface area contributed by atoms with Crippen LogP contribution in [0.25, 0.3) is 0 Å². The number of rotatable bonds is 13. The van der Waals surface area contributed by atoms with Crippen LogP contribution >= 0.6 is 0 Å². The molecule has 0 aromatic heterocycles. The number of nitrogens with one attached hydrogen (secondary N) is 1. The third-order valence-electron chi connectivity index (χ3n) is 3.13. The van der Waals surface area contributed by atoms with Crippen molar-refractivity contribution < 1.29 is 9.90 Å². The number of unbranched alkanes of at least 4 members (excludes halogenated alkanes) is 5. The van der Waals surface area contributed by atoms with Gasteiger partial charge in [-0.2, -0.15) is 0 Å². The average Bonchev–Trinajstić information content (AvgIpc) is 2.29. The fraction of sp³-hybridized carbons (Fsp3) is 0.933. The molecule has 0 rings (SSSR count). The van der Waals surface area contributed by atoms with Crippen molar-refractivity contribution in [2.45, 2.75) is 71.6 Å². The van der Waals surface area contributed by atoms with E-state index >= 15 is 0 Å². The van der Waals surface area contributed by atoms with Crippen molar-refractivity contribution in [1.82, 2.24) is 5.32 Å². The molecule has 18 heavy (non-hydrogen) atoms. The van der Waals surface area contributed by atoms with E-state index < -0.39 is 5.97 Å². The van der Waals surface area contributed by atoms with Crippen LogP contribution in [0.1, 0.15) is 71.6 Å². The second kappa shape index (κ2) is 12.9. The van der Waals surface area contributed by atoms with E-state index in [0.717, 1.165) is 38.3 Å². The quantitative estimate of drug-likeness (QED) is 0.493. The number of hydrogen-bond donors (Lipinski definition) is 2. The Balaban J connectivity index is 2.97. The molecule has 0 aliphatic carbocycles. The van der Waals surface area contributed by atoms with E-state index in [1.54, 1.807) is 0 Å². The molecule has 0 aliphatic heterocycles. The topological polar surface area (TPSA) is 49.3 Å². The van der Waals surface area contributed by atoms with Crippen LogP contribution in [-0.2, 0) is 4.79 Å². The molecule has 2 N–H and O–H groups in total. The number of carboxylic acid groups (broad SMARTS) is 1. The van der Waals surface area contributed by atoms with Crippen molar-refractivity contribution in [2.24, 2.45) is 5.92 Å². The van der Waals surface area contributed by atoms with E-state index in [-0.39, 0.29) is 0 Å². The summed E-state index contributed by atoms with van der Waals surface area (Å²) in [6, 6.07) is 0. The summed E-state index contributed by atoms with van der Waals surface area (Å²) in [5.74, 6) is 0.165. The molecule has 0 unspecified atom stereocenters. The minimum atomic E-state index is -0.677. The molecule has 0 spiro atoms. The average molecular weight is 257 g/mol. The van der Waals surface area contributed by atoms with Gasteiger partial charge in [0.05, 0.1) is 0 Å². The second-order valence-corrected chi connectivity index (χ2v) is 5.55. The van der Waals surface area contributed by atoms with Crippen molar-refractivity contribution in [3.05, 3.63) is 0 Å². The molecule has 0 aromatic carbocycles. The van der Waals surface area contributed by atoms with Crippen LogP contribution in [0.2, 0.25) is 0 Å². The molecular formula is C15H31NO2. The Labute approximate surface area is 112 Å². The van der Waals surface area contributed by atoms with Gasteiger partial charge in [0.25, 0.3) is 0 Å². The zero-order chi connectivity index (χ0) is 13.6. The van der Waals surface area contributed by atoms with Crippen molar-refractivity contribution in [1.29, 1.82) is 0 Å². The van der Waals surface area contributed by atoms with E-state index in [9.17, 15) is 4.79 Å². The Morgan fingerprint density at radius 2 is 1.50 bits per heavy atom. The maximum atomic E-state index is 10.3. The van der Waals surface area contributed by atoms with Gasteiger partial charge >= 0.3 is 5.97 Å². The lowest BCUT2D eigenvalue weighted by atomic mass is 10.0. The van der Waals surface area contributed by atoms with Crippen LogP contribution in [0, 0.1) is 5.92 Å². The van der Waals surface area contributed by atoms with Crippen molar-refractivity contribution in [3.63, 3.8) is 0 Å². The lowest BCUT2D eigenvalue weighted by Crippen LogP contribution is -2.16. The molecule has 0 aliphatic rings. The van der Waals surface area contributed by atoms with Gasteiger partial charge in [0.1, 0.15) is 0 Å². The van der Waals surface area contributed by atoms with Crippen LogP contribution in [0.15, 0.2) is 0 Å². The molecule has 0 aromatic rings. The van der Waals surface area contributed by atoms with Crippen molar-refractivity contribution in [3.8, 4) is 0 Å². The minimum Gasteiger partial charge on any atom is -0.481 e. The predicted molar refractivity (Wildman–Crippen MR) is 76.9 cm³/mol. The third kappa shape index (κ3) is 15.4. The van der Waals surface area contributed by atoms with E-state index in [1.165, 1.54) is 32.1 Å². The number of carboxylic acids is 1. The first-order valence-corrected chi connectivity index (χ1v) is 7.55. The summed E-state index contributed by atoms with van der Waals surface area (Å²) in [5, 5.41) is 11.9. The van der Waals surface area contributed by atoms with Gasteiger partial charge in [-0.3, -0.25) is 4.79 Å². The highest BCUT2D eigenvalue weighted by Gasteiger charge is 1.96. The Bertz CT molecular complexity index is 193. The number of hydrogen-bond acceptors (Lipinski definition) is 2.